The standard InChI is InChI=1S/C25H45N5O13/c1-13-8-15(31)21(37)24(42-13)40-6-4-27-17(33)10-30(12-19(35)29-9-16(32)26-3)11-18(34)28-5-7-41-25-23(39)22(38)20(36)14(2)43-25/h13-15,20-25,31,36-39H,4-12H2,1-3H3,(H,26,32)(H,27,33)(H,28,34)(H,29,35)/t13-,14-,15+,20+,21?,22+,23-,24+,25+/m0/s1. The molecule has 43 heavy (non-hydrogen) atoms. The summed E-state index contributed by atoms with van der Waals surface area (Å²) in [5, 5.41) is 59.3. The van der Waals surface area contributed by atoms with Gasteiger partial charge in [-0.25, -0.2) is 0 Å². The summed E-state index contributed by atoms with van der Waals surface area (Å²) in [6.45, 7) is 1.61. The maximum Gasteiger partial charge on any atom is 0.239 e. The number of nitrogens with one attached hydrogen (secondary N) is 4. The number of aliphatic hydroxyl groups excluding tert-OH is 5. The minimum atomic E-state index is -1.50. The summed E-state index contributed by atoms with van der Waals surface area (Å²) in [4.78, 5) is 50.1. The molecule has 0 aromatic carbocycles. The first-order chi connectivity index (χ1) is 20.3. The summed E-state index contributed by atoms with van der Waals surface area (Å²) < 4.78 is 21.5. The molecule has 2 rings (SSSR count). The van der Waals surface area contributed by atoms with E-state index in [0.717, 1.165) is 0 Å². The fourth-order valence-electron chi connectivity index (χ4n) is 4.26. The number of aliphatic hydroxyl groups is 5. The molecule has 0 spiro atoms. The third-order valence-electron chi connectivity index (χ3n) is 6.66. The molecule has 0 aromatic heterocycles. The summed E-state index contributed by atoms with van der Waals surface area (Å²) in [6, 6.07) is 0. The van der Waals surface area contributed by atoms with Crippen molar-refractivity contribution in [1.29, 1.82) is 0 Å². The number of rotatable bonds is 16. The smallest absolute Gasteiger partial charge is 0.239 e. The van der Waals surface area contributed by atoms with Crippen molar-refractivity contribution in [2.24, 2.45) is 0 Å². The van der Waals surface area contributed by atoms with Crippen LogP contribution in [0.15, 0.2) is 0 Å². The highest BCUT2D eigenvalue weighted by molar-refractivity contribution is 5.87. The number of hydrogen-bond acceptors (Lipinski definition) is 14. The van der Waals surface area contributed by atoms with Gasteiger partial charge in [-0.2, -0.15) is 0 Å². The molecule has 2 aliphatic heterocycles. The molecule has 2 saturated heterocycles. The lowest BCUT2D eigenvalue weighted by Gasteiger charge is -2.38. The van der Waals surface area contributed by atoms with E-state index in [2.05, 4.69) is 21.3 Å². The van der Waals surface area contributed by atoms with Gasteiger partial charge in [-0.05, 0) is 13.8 Å². The first-order valence-corrected chi connectivity index (χ1v) is 14.0. The van der Waals surface area contributed by atoms with E-state index in [1.165, 1.54) is 18.9 Å². The van der Waals surface area contributed by atoms with Crippen LogP contribution in [0.3, 0.4) is 0 Å². The first kappa shape index (κ1) is 36.7. The van der Waals surface area contributed by atoms with Gasteiger partial charge in [-0.1, -0.05) is 0 Å². The van der Waals surface area contributed by atoms with Gasteiger partial charge >= 0.3 is 0 Å². The second kappa shape index (κ2) is 18.3. The van der Waals surface area contributed by atoms with Gasteiger partial charge in [-0.15, -0.1) is 0 Å². The molecule has 0 aromatic rings. The quantitative estimate of drug-likeness (QED) is 0.0726. The average molecular weight is 624 g/mol. The zero-order valence-electron chi connectivity index (χ0n) is 24.5. The Morgan fingerprint density at radius 2 is 1.23 bits per heavy atom. The van der Waals surface area contributed by atoms with Crippen LogP contribution in [0.25, 0.3) is 0 Å². The molecule has 9 atom stereocenters. The second-order valence-electron chi connectivity index (χ2n) is 10.3. The molecule has 18 nitrogen and oxygen atoms in total. The summed E-state index contributed by atoms with van der Waals surface area (Å²) in [6.07, 6.45) is -9.61. The van der Waals surface area contributed by atoms with Crippen LogP contribution in [0.1, 0.15) is 20.3 Å². The van der Waals surface area contributed by atoms with E-state index in [1.54, 1.807) is 6.92 Å². The molecule has 2 fully saturated rings. The van der Waals surface area contributed by atoms with Crippen molar-refractivity contribution in [1.82, 2.24) is 26.2 Å². The number of carbonyl (C=O) groups excluding carboxylic acids is 4. The Hall–Kier alpha value is -2.52. The molecule has 0 bridgehead atoms. The first-order valence-electron chi connectivity index (χ1n) is 14.0. The fraction of sp³-hybridized carbons (Fsp3) is 0.840. The van der Waals surface area contributed by atoms with Gasteiger partial charge in [0.05, 0.1) is 57.7 Å². The zero-order chi connectivity index (χ0) is 32.1. The van der Waals surface area contributed by atoms with E-state index in [4.69, 9.17) is 18.9 Å². The lowest BCUT2D eigenvalue weighted by Crippen LogP contribution is -2.57. The molecule has 0 saturated carbocycles. The normalized spacial score (nSPS) is 30.9. The largest absolute Gasteiger partial charge is 0.390 e. The Labute approximate surface area is 249 Å². The molecule has 248 valence electrons. The minimum Gasteiger partial charge on any atom is -0.390 e. The van der Waals surface area contributed by atoms with E-state index < -0.39 is 72.8 Å². The van der Waals surface area contributed by atoms with E-state index in [0.29, 0.717) is 0 Å². The zero-order valence-corrected chi connectivity index (χ0v) is 24.5. The van der Waals surface area contributed by atoms with Crippen LogP contribution in [0.2, 0.25) is 0 Å². The van der Waals surface area contributed by atoms with E-state index in [9.17, 15) is 44.7 Å². The van der Waals surface area contributed by atoms with Gasteiger partial charge in [-0.3, -0.25) is 24.1 Å². The van der Waals surface area contributed by atoms with Crippen molar-refractivity contribution in [3.8, 4) is 0 Å². The topological polar surface area (TPSA) is 258 Å². The molecule has 2 heterocycles. The summed E-state index contributed by atoms with van der Waals surface area (Å²) in [7, 11) is 1.40. The van der Waals surface area contributed by atoms with Crippen molar-refractivity contribution in [3.63, 3.8) is 0 Å². The molecular formula is C25H45N5O13. The lowest BCUT2D eigenvalue weighted by molar-refractivity contribution is -0.292. The van der Waals surface area contributed by atoms with Crippen molar-refractivity contribution >= 4 is 23.6 Å². The molecule has 18 heteroatoms. The SMILES string of the molecule is CNC(=O)CNC(=O)CN(CC(=O)NCCO[C@@H]1O[C@@H](C)C[C@@H](O)C1O)CC(=O)NCCO[C@@H]1O[C@@H](C)[C@@H](O)[C@@H](O)[C@@H]1O. The number of ether oxygens (including phenoxy) is 4. The minimum absolute atomic E-state index is 0.00949. The number of nitrogens with zero attached hydrogens (tertiary/aromatic N) is 1. The number of likely N-dealkylation sites (N-methyl/N-ethyl adjacent to an activating group) is 1. The van der Waals surface area contributed by atoms with Crippen molar-refractivity contribution < 1.29 is 63.7 Å². The predicted octanol–water partition coefficient (Wildman–Crippen LogP) is -5.90. The molecule has 1 unspecified atom stereocenters. The van der Waals surface area contributed by atoms with Crippen LogP contribution in [-0.2, 0) is 38.1 Å². The van der Waals surface area contributed by atoms with E-state index in [-0.39, 0.29) is 65.0 Å². The average Bonchev–Trinajstić information content (AvgIpc) is 2.95. The highest BCUT2D eigenvalue weighted by Gasteiger charge is 2.42. The van der Waals surface area contributed by atoms with Crippen molar-refractivity contribution in [2.45, 2.75) is 75.6 Å². The monoisotopic (exact) mass is 623 g/mol. The summed E-state index contributed by atoms with van der Waals surface area (Å²) in [5.74, 6) is -2.15. The Balaban J connectivity index is 1.80. The number of amides is 4. The number of carbonyl (C=O) groups is 4. The highest BCUT2D eigenvalue weighted by Crippen LogP contribution is 2.22. The maximum atomic E-state index is 12.5. The van der Waals surface area contributed by atoms with Gasteiger partial charge in [0.15, 0.2) is 12.6 Å². The summed E-state index contributed by atoms with van der Waals surface area (Å²) >= 11 is 0. The lowest BCUT2D eigenvalue weighted by atomic mass is 10.0. The Morgan fingerprint density at radius 1 is 0.721 bits per heavy atom. The highest BCUT2D eigenvalue weighted by atomic mass is 16.7. The van der Waals surface area contributed by atoms with Crippen LogP contribution in [-0.4, -0.2) is 169 Å². The van der Waals surface area contributed by atoms with Crippen LogP contribution in [0, 0.1) is 0 Å². The van der Waals surface area contributed by atoms with Crippen LogP contribution in [0.5, 0.6) is 0 Å². The molecule has 0 aliphatic carbocycles. The van der Waals surface area contributed by atoms with Gasteiger partial charge < -0.3 is 65.7 Å². The molecule has 0 radical (unpaired) electrons. The third kappa shape index (κ3) is 12.5. The molecular weight excluding hydrogens is 578 g/mol. The second-order valence-corrected chi connectivity index (χ2v) is 10.3. The number of hydrogen-bond donors (Lipinski definition) is 9. The van der Waals surface area contributed by atoms with Crippen molar-refractivity contribution in [3.05, 3.63) is 0 Å². The molecule has 2 aliphatic rings. The Bertz CT molecular complexity index is 915. The maximum absolute atomic E-state index is 12.5. The van der Waals surface area contributed by atoms with Crippen molar-refractivity contribution in [2.75, 3.05) is 59.5 Å². The van der Waals surface area contributed by atoms with Gasteiger partial charge in [0.25, 0.3) is 0 Å². The predicted molar refractivity (Wildman–Crippen MR) is 145 cm³/mol. The molecule has 4 amide bonds. The van der Waals surface area contributed by atoms with Gasteiger partial charge in [0.1, 0.15) is 24.4 Å². The third-order valence-corrected chi connectivity index (χ3v) is 6.66. The van der Waals surface area contributed by atoms with Gasteiger partial charge in [0.2, 0.25) is 23.6 Å². The van der Waals surface area contributed by atoms with Crippen LogP contribution in [0.4, 0.5) is 0 Å². The van der Waals surface area contributed by atoms with E-state index >= 15 is 0 Å². The summed E-state index contributed by atoms with van der Waals surface area (Å²) in [5.41, 5.74) is 0. The molecule has 9 N–H and O–H groups in total. The van der Waals surface area contributed by atoms with Crippen LogP contribution >= 0.6 is 0 Å². The Kier molecular flexibility index (Phi) is 15.6. The van der Waals surface area contributed by atoms with E-state index in [1.807, 2.05) is 0 Å². The fourth-order valence-corrected chi connectivity index (χ4v) is 4.26. The van der Waals surface area contributed by atoms with Crippen LogP contribution < -0.4 is 21.3 Å². The Morgan fingerprint density at radius 3 is 1.77 bits per heavy atom. The van der Waals surface area contributed by atoms with Gasteiger partial charge in [0, 0.05) is 26.6 Å².